The average Bonchev–Trinajstić information content (AvgIpc) is 3.13. The molecule has 0 aliphatic carbocycles. The first kappa shape index (κ1) is 19.0. The molecule has 24 heavy (non-hydrogen) atoms. The van der Waals surface area contributed by atoms with Crippen LogP contribution in [0.2, 0.25) is 0 Å². The molecule has 7 nitrogen and oxygen atoms in total. The number of hydrogen-bond acceptors (Lipinski definition) is 4. The van der Waals surface area contributed by atoms with Crippen LogP contribution >= 0.6 is 35.3 Å². The summed E-state index contributed by atoms with van der Waals surface area (Å²) in [5, 5.41) is 8.76. The number of halogens is 1. The number of amides is 1. The van der Waals surface area contributed by atoms with Gasteiger partial charge in [0.15, 0.2) is 10.9 Å². The Bertz CT molecular complexity index is 675. The average molecular weight is 462 g/mol. The summed E-state index contributed by atoms with van der Waals surface area (Å²) in [5.74, 6) is 0.938. The third-order valence-corrected chi connectivity index (χ3v) is 4.86. The van der Waals surface area contributed by atoms with E-state index in [1.54, 1.807) is 25.3 Å². The zero-order valence-electron chi connectivity index (χ0n) is 13.9. The Hall–Kier alpha value is -1.36. The van der Waals surface area contributed by atoms with Crippen molar-refractivity contribution in [2.24, 2.45) is 4.99 Å². The fourth-order valence-corrected chi connectivity index (χ4v) is 3.48. The maximum atomic E-state index is 11.4. The Morgan fingerprint density at radius 1 is 1.46 bits per heavy atom. The number of hydrogen-bond donors (Lipinski definition) is 2. The smallest absolute Gasteiger partial charge is 0.219 e. The van der Waals surface area contributed by atoms with Gasteiger partial charge in [-0.2, -0.15) is 0 Å². The lowest BCUT2D eigenvalue weighted by Crippen LogP contribution is -2.49. The number of likely N-dealkylation sites (tertiary alicyclic amines) is 1. The maximum Gasteiger partial charge on any atom is 0.219 e. The van der Waals surface area contributed by atoms with Crippen molar-refractivity contribution < 1.29 is 4.79 Å². The highest BCUT2D eigenvalue weighted by atomic mass is 127. The van der Waals surface area contributed by atoms with Gasteiger partial charge in [-0.1, -0.05) is 0 Å². The number of aromatic nitrogens is 2. The Morgan fingerprint density at radius 2 is 2.21 bits per heavy atom. The molecule has 0 radical (unpaired) electrons. The number of nitrogens with one attached hydrogen (secondary N) is 2. The zero-order chi connectivity index (χ0) is 16.2. The summed E-state index contributed by atoms with van der Waals surface area (Å²) < 4.78 is 2.02. The van der Waals surface area contributed by atoms with Crippen LogP contribution in [-0.4, -0.2) is 52.3 Å². The van der Waals surface area contributed by atoms with E-state index < -0.39 is 0 Å². The van der Waals surface area contributed by atoms with Crippen LogP contribution in [0.3, 0.4) is 0 Å². The van der Waals surface area contributed by atoms with Crippen LogP contribution in [0.5, 0.6) is 0 Å². The number of guanidine groups is 1. The Kier molecular flexibility index (Phi) is 6.84. The van der Waals surface area contributed by atoms with Gasteiger partial charge in [0.2, 0.25) is 5.91 Å². The standard InChI is InChI=1S/C15H22N6OS.HI/c1-11(22)20-5-3-12(4-6-20)18-14(16-2)17-9-13-10-21-7-8-23-15(21)19-13;/h7-8,10,12H,3-6,9H2,1-2H3,(H2,16,17,18);1H. The summed E-state index contributed by atoms with van der Waals surface area (Å²) >= 11 is 1.63. The quantitative estimate of drug-likeness (QED) is 0.414. The molecule has 132 valence electrons. The number of fused-ring (bicyclic) bond motifs is 1. The minimum Gasteiger partial charge on any atom is -0.354 e. The molecule has 9 heteroatoms. The van der Waals surface area contributed by atoms with Gasteiger partial charge >= 0.3 is 0 Å². The first-order valence-corrected chi connectivity index (χ1v) is 8.67. The van der Waals surface area contributed by atoms with Crippen LogP contribution in [-0.2, 0) is 11.3 Å². The van der Waals surface area contributed by atoms with Gasteiger partial charge in [-0.3, -0.25) is 14.2 Å². The zero-order valence-corrected chi connectivity index (χ0v) is 17.0. The molecule has 3 rings (SSSR count). The van der Waals surface area contributed by atoms with E-state index in [0.717, 1.165) is 42.5 Å². The second-order valence-electron chi connectivity index (χ2n) is 5.68. The maximum absolute atomic E-state index is 11.4. The molecule has 2 N–H and O–H groups in total. The Balaban J connectivity index is 0.00000208. The summed E-state index contributed by atoms with van der Waals surface area (Å²) in [5.41, 5.74) is 0.992. The number of piperidine rings is 1. The van der Waals surface area contributed by atoms with E-state index in [1.807, 2.05) is 27.1 Å². The van der Waals surface area contributed by atoms with Gasteiger partial charge in [0.1, 0.15) is 0 Å². The van der Waals surface area contributed by atoms with E-state index in [2.05, 4.69) is 20.6 Å². The van der Waals surface area contributed by atoms with E-state index in [9.17, 15) is 4.79 Å². The molecule has 2 aromatic heterocycles. The number of aliphatic imine (C=N–C) groups is 1. The molecule has 0 aromatic carbocycles. The molecule has 1 aliphatic heterocycles. The van der Waals surface area contributed by atoms with Gasteiger partial charge in [-0.05, 0) is 12.8 Å². The molecule has 1 amide bonds. The molecule has 2 aromatic rings. The first-order valence-electron chi connectivity index (χ1n) is 7.79. The van der Waals surface area contributed by atoms with Crippen LogP contribution < -0.4 is 10.6 Å². The van der Waals surface area contributed by atoms with Gasteiger partial charge in [-0.15, -0.1) is 35.3 Å². The SMILES string of the molecule is CN=C(NCc1cn2ccsc2n1)NC1CCN(C(C)=O)CC1.I. The number of carbonyl (C=O) groups is 1. The highest BCUT2D eigenvalue weighted by Gasteiger charge is 2.21. The fourth-order valence-electron chi connectivity index (χ4n) is 2.76. The third kappa shape index (κ3) is 4.59. The number of carbonyl (C=O) groups excluding carboxylic acids is 1. The highest BCUT2D eigenvalue weighted by molar-refractivity contribution is 14.0. The van der Waals surface area contributed by atoms with Crippen molar-refractivity contribution >= 4 is 52.1 Å². The van der Waals surface area contributed by atoms with Gasteiger partial charge in [0.25, 0.3) is 0 Å². The number of imidazole rings is 1. The number of nitrogens with zero attached hydrogens (tertiary/aromatic N) is 4. The van der Waals surface area contributed by atoms with E-state index >= 15 is 0 Å². The lowest BCUT2D eigenvalue weighted by Gasteiger charge is -2.32. The van der Waals surface area contributed by atoms with Crippen LogP contribution in [0, 0.1) is 0 Å². The van der Waals surface area contributed by atoms with Crippen molar-refractivity contribution in [3.8, 4) is 0 Å². The first-order chi connectivity index (χ1) is 11.2. The lowest BCUT2D eigenvalue weighted by molar-refractivity contribution is -0.129. The normalized spacial score (nSPS) is 16.1. The molecule has 0 spiro atoms. The summed E-state index contributed by atoms with van der Waals surface area (Å²) in [4.78, 5) is 23.1. The van der Waals surface area contributed by atoms with Crippen LogP contribution in [0.15, 0.2) is 22.8 Å². The molecule has 1 aliphatic rings. The van der Waals surface area contributed by atoms with Gasteiger partial charge < -0.3 is 15.5 Å². The van der Waals surface area contributed by atoms with Crippen LogP contribution in [0.1, 0.15) is 25.5 Å². The largest absolute Gasteiger partial charge is 0.354 e. The van der Waals surface area contributed by atoms with E-state index in [0.29, 0.717) is 12.6 Å². The van der Waals surface area contributed by atoms with Crippen LogP contribution in [0.4, 0.5) is 0 Å². The molecular formula is C15H23IN6OS. The number of rotatable bonds is 3. The van der Waals surface area contributed by atoms with Gasteiger partial charge in [0, 0.05) is 50.9 Å². The summed E-state index contributed by atoms with van der Waals surface area (Å²) in [6.45, 7) is 3.88. The van der Waals surface area contributed by atoms with Crippen molar-refractivity contribution in [2.75, 3.05) is 20.1 Å². The van der Waals surface area contributed by atoms with Crippen molar-refractivity contribution in [2.45, 2.75) is 32.4 Å². The molecule has 1 fully saturated rings. The second-order valence-corrected chi connectivity index (χ2v) is 6.55. The monoisotopic (exact) mass is 462 g/mol. The minimum atomic E-state index is 0. The minimum absolute atomic E-state index is 0. The van der Waals surface area contributed by atoms with Crippen molar-refractivity contribution in [1.29, 1.82) is 0 Å². The van der Waals surface area contributed by atoms with Crippen molar-refractivity contribution in [3.63, 3.8) is 0 Å². The highest BCUT2D eigenvalue weighted by Crippen LogP contribution is 2.12. The van der Waals surface area contributed by atoms with Crippen molar-refractivity contribution in [3.05, 3.63) is 23.5 Å². The molecule has 0 atom stereocenters. The molecule has 0 saturated carbocycles. The topological polar surface area (TPSA) is 74.0 Å². The van der Waals surface area contributed by atoms with Gasteiger partial charge in [0.05, 0.1) is 12.2 Å². The van der Waals surface area contributed by atoms with E-state index in [1.165, 1.54) is 0 Å². The fraction of sp³-hybridized carbons (Fsp3) is 0.533. The predicted octanol–water partition coefficient (Wildman–Crippen LogP) is 1.69. The second kappa shape index (κ2) is 8.65. The van der Waals surface area contributed by atoms with Crippen LogP contribution in [0.25, 0.3) is 4.96 Å². The molecule has 3 heterocycles. The predicted molar refractivity (Wildman–Crippen MR) is 107 cm³/mol. The van der Waals surface area contributed by atoms with Gasteiger partial charge in [-0.25, -0.2) is 4.98 Å². The third-order valence-electron chi connectivity index (χ3n) is 4.08. The molecule has 0 bridgehead atoms. The lowest BCUT2D eigenvalue weighted by atomic mass is 10.1. The summed E-state index contributed by atoms with van der Waals surface area (Å²) in [6.07, 6.45) is 5.92. The van der Waals surface area contributed by atoms with E-state index in [4.69, 9.17) is 0 Å². The molecule has 1 saturated heterocycles. The summed E-state index contributed by atoms with van der Waals surface area (Å²) in [6, 6.07) is 0.349. The summed E-state index contributed by atoms with van der Waals surface area (Å²) in [7, 11) is 1.77. The molecular weight excluding hydrogens is 439 g/mol. The van der Waals surface area contributed by atoms with E-state index in [-0.39, 0.29) is 29.9 Å². The van der Waals surface area contributed by atoms with Crippen molar-refractivity contribution in [1.82, 2.24) is 24.9 Å². The Morgan fingerprint density at radius 3 is 2.83 bits per heavy atom. The molecule has 0 unspecified atom stereocenters. The Labute approximate surface area is 162 Å². The number of thiazole rings is 1.